The Morgan fingerprint density at radius 2 is 2.24 bits per heavy atom. The highest BCUT2D eigenvalue weighted by Crippen LogP contribution is 2.37. The maximum atomic E-state index is 12.4. The number of nitrogens with one attached hydrogen (secondary N) is 2. The van der Waals surface area contributed by atoms with Crippen molar-refractivity contribution in [1.29, 1.82) is 0 Å². The van der Waals surface area contributed by atoms with Crippen molar-refractivity contribution >= 4 is 6.03 Å². The minimum Gasteiger partial charge on any atom is -0.379 e. The summed E-state index contributed by atoms with van der Waals surface area (Å²) in [6.07, 6.45) is 7.09. The fraction of sp³-hybridized carbons (Fsp3) is 0.684. The van der Waals surface area contributed by atoms with Gasteiger partial charge in [-0.2, -0.15) is 0 Å². The summed E-state index contributed by atoms with van der Waals surface area (Å²) in [5, 5.41) is 6.25. The third-order valence-corrected chi connectivity index (χ3v) is 5.57. The smallest absolute Gasteiger partial charge is 0.315 e. The molecule has 0 aromatic carbocycles. The van der Waals surface area contributed by atoms with E-state index in [0.717, 1.165) is 38.3 Å². The molecule has 1 aliphatic heterocycles. The summed E-state index contributed by atoms with van der Waals surface area (Å²) in [7, 11) is 0. The van der Waals surface area contributed by atoms with Crippen molar-refractivity contribution in [3.63, 3.8) is 0 Å². The van der Waals surface area contributed by atoms with Crippen molar-refractivity contribution in [2.45, 2.75) is 45.2 Å². The molecule has 1 aliphatic carbocycles. The highest BCUT2D eigenvalue weighted by atomic mass is 16.5. The molecule has 6 nitrogen and oxygen atoms in total. The van der Waals surface area contributed by atoms with Gasteiger partial charge in [0, 0.05) is 38.1 Å². The van der Waals surface area contributed by atoms with Crippen LogP contribution >= 0.6 is 0 Å². The van der Waals surface area contributed by atoms with Crippen LogP contribution in [0.1, 0.15) is 44.7 Å². The predicted molar refractivity (Wildman–Crippen MR) is 97.3 cm³/mol. The van der Waals surface area contributed by atoms with Gasteiger partial charge in [-0.15, -0.1) is 0 Å². The van der Waals surface area contributed by atoms with Gasteiger partial charge >= 0.3 is 6.03 Å². The molecule has 138 valence electrons. The number of rotatable bonds is 5. The topological polar surface area (TPSA) is 66.5 Å². The van der Waals surface area contributed by atoms with E-state index >= 15 is 0 Å². The van der Waals surface area contributed by atoms with Gasteiger partial charge < -0.3 is 15.4 Å². The molecule has 1 aromatic rings. The summed E-state index contributed by atoms with van der Waals surface area (Å²) >= 11 is 0. The van der Waals surface area contributed by atoms with Gasteiger partial charge in [-0.05, 0) is 29.9 Å². The van der Waals surface area contributed by atoms with Crippen molar-refractivity contribution in [3.05, 3.63) is 30.1 Å². The van der Waals surface area contributed by atoms with Gasteiger partial charge in [-0.1, -0.05) is 26.3 Å². The monoisotopic (exact) mass is 346 g/mol. The Kier molecular flexibility index (Phi) is 5.91. The van der Waals surface area contributed by atoms with E-state index < -0.39 is 0 Å². The maximum absolute atomic E-state index is 12.4. The van der Waals surface area contributed by atoms with Crippen LogP contribution in [0, 0.1) is 5.41 Å². The van der Waals surface area contributed by atoms with E-state index in [-0.39, 0.29) is 23.5 Å². The van der Waals surface area contributed by atoms with E-state index in [9.17, 15) is 4.79 Å². The van der Waals surface area contributed by atoms with E-state index in [4.69, 9.17) is 4.74 Å². The lowest BCUT2D eigenvalue weighted by Gasteiger charge is -2.35. The zero-order valence-electron chi connectivity index (χ0n) is 15.3. The third kappa shape index (κ3) is 4.70. The molecule has 2 aliphatic rings. The molecule has 1 aromatic heterocycles. The Hall–Kier alpha value is -1.66. The van der Waals surface area contributed by atoms with Crippen molar-refractivity contribution in [2.24, 2.45) is 5.41 Å². The van der Waals surface area contributed by atoms with Gasteiger partial charge in [0.05, 0.1) is 19.3 Å². The minimum absolute atomic E-state index is 0.0675. The number of pyridine rings is 1. The molecular weight excluding hydrogens is 316 g/mol. The van der Waals surface area contributed by atoms with Crippen LogP contribution in [0.4, 0.5) is 4.79 Å². The number of hydrogen-bond acceptors (Lipinski definition) is 4. The first kappa shape index (κ1) is 18.1. The van der Waals surface area contributed by atoms with Crippen LogP contribution < -0.4 is 10.6 Å². The highest BCUT2D eigenvalue weighted by Gasteiger charge is 2.35. The van der Waals surface area contributed by atoms with E-state index in [1.165, 1.54) is 12.8 Å². The number of amides is 2. The van der Waals surface area contributed by atoms with Gasteiger partial charge in [-0.25, -0.2) is 4.79 Å². The lowest BCUT2D eigenvalue weighted by molar-refractivity contribution is 0.0166. The van der Waals surface area contributed by atoms with Crippen molar-refractivity contribution in [2.75, 3.05) is 32.8 Å². The zero-order valence-corrected chi connectivity index (χ0v) is 15.3. The fourth-order valence-corrected chi connectivity index (χ4v) is 3.91. The number of aromatic nitrogens is 1. The number of carbonyl (C=O) groups is 1. The predicted octanol–water partition coefficient (Wildman–Crippen LogP) is 2.33. The summed E-state index contributed by atoms with van der Waals surface area (Å²) < 4.78 is 5.47. The molecule has 2 N–H and O–H groups in total. The lowest BCUT2D eigenvalue weighted by atomic mass is 9.87. The second kappa shape index (κ2) is 8.15. The third-order valence-electron chi connectivity index (χ3n) is 5.57. The molecule has 0 spiro atoms. The van der Waals surface area contributed by atoms with Gasteiger partial charge in [0.2, 0.25) is 0 Å². The second-order valence-corrected chi connectivity index (χ2v) is 7.74. The number of ether oxygens (including phenoxy) is 1. The van der Waals surface area contributed by atoms with Crippen LogP contribution in [0.3, 0.4) is 0 Å². The fourth-order valence-electron chi connectivity index (χ4n) is 3.91. The average Bonchev–Trinajstić information content (AvgIpc) is 2.95. The normalized spacial score (nSPS) is 24.6. The molecule has 6 heteroatoms. The molecule has 0 unspecified atom stereocenters. The van der Waals surface area contributed by atoms with Crippen LogP contribution in [0.2, 0.25) is 0 Å². The molecular formula is C19H30N4O2. The second-order valence-electron chi connectivity index (χ2n) is 7.74. The highest BCUT2D eigenvalue weighted by molar-refractivity contribution is 5.74. The van der Waals surface area contributed by atoms with Gasteiger partial charge in [0.25, 0.3) is 0 Å². The van der Waals surface area contributed by atoms with E-state index in [1.807, 2.05) is 12.3 Å². The van der Waals surface area contributed by atoms with Crippen molar-refractivity contribution < 1.29 is 9.53 Å². The summed E-state index contributed by atoms with van der Waals surface area (Å²) in [6, 6.07) is 4.34. The zero-order chi connectivity index (χ0) is 17.7. The van der Waals surface area contributed by atoms with Crippen molar-refractivity contribution in [1.82, 2.24) is 20.5 Å². The Morgan fingerprint density at radius 3 is 2.88 bits per heavy atom. The number of morpholine rings is 1. The SMILES string of the molecule is CC1(C)CCC[C@H]1NC(=O)NC[C@H](c1cccnc1)N1CCOCC1. The van der Waals surface area contributed by atoms with E-state index in [1.54, 1.807) is 6.20 Å². The Balaban J connectivity index is 1.59. The molecule has 0 bridgehead atoms. The number of nitrogens with zero attached hydrogens (tertiary/aromatic N) is 2. The first-order valence-electron chi connectivity index (χ1n) is 9.32. The Bertz CT molecular complexity index is 558. The summed E-state index contributed by atoms with van der Waals surface area (Å²) in [5.74, 6) is 0. The largest absolute Gasteiger partial charge is 0.379 e. The molecule has 2 atom stereocenters. The number of carbonyl (C=O) groups excluding carboxylic acids is 1. The summed E-state index contributed by atoms with van der Waals surface area (Å²) in [5.41, 5.74) is 1.32. The molecule has 1 saturated heterocycles. The number of urea groups is 1. The average molecular weight is 346 g/mol. The standard InChI is InChI=1S/C19H30N4O2/c1-19(2)7-3-6-17(19)22-18(24)21-14-16(15-5-4-8-20-13-15)23-9-11-25-12-10-23/h4-5,8,13,16-17H,3,6-7,9-12,14H2,1-2H3,(H2,21,22,24)/t16-,17-/m1/s1. The van der Waals surface area contributed by atoms with Crippen LogP contribution in [0.25, 0.3) is 0 Å². The van der Waals surface area contributed by atoms with E-state index in [2.05, 4.69) is 40.4 Å². The first-order chi connectivity index (χ1) is 12.1. The molecule has 2 heterocycles. The molecule has 0 radical (unpaired) electrons. The van der Waals surface area contributed by atoms with E-state index in [0.29, 0.717) is 6.54 Å². The molecule has 3 rings (SSSR count). The van der Waals surface area contributed by atoms with Gasteiger partial charge in [0.1, 0.15) is 0 Å². The molecule has 1 saturated carbocycles. The Morgan fingerprint density at radius 1 is 1.44 bits per heavy atom. The Labute approximate surface area is 150 Å². The van der Waals surface area contributed by atoms with Gasteiger partial charge in [-0.3, -0.25) is 9.88 Å². The first-order valence-corrected chi connectivity index (χ1v) is 9.32. The van der Waals surface area contributed by atoms with Crippen LogP contribution in [-0.4, -0.2) is 54.8 Å². The molecule has 2 amide bonds. The van der Waals surface area contributed by atoms with Crippen molar-refractivity contribution in [3.8, 4) is 0 Å². The maximum Gasteiger partial charge on any atom is 0.315 e. The minimum atomic E-state index is -0.0675. The summed E-state index contributed by atoms with van der Waals surface area (Å²) in [6.45, 7) is 8.26. The number of hydrogen-bond donors (Lipinski definition) is 2. The lowest BCUT2D eigenvalue weighted by Crippen LogP contribution is -2.49. The van der Waals surface area contributed by atoms with Crippen LogP contribution in [0.5, 0.6) is 0 Å². The summed E-state index contributed by atoms with van der Waals surface area (Å²) in [4.78, 5) is 19.0. The molecule has 2 fully saturated rings. The quantitative estimate of drug-likeness (QED) is 0.859. The van der Waals surface area contributed by atoms with Gasteiger partial charge in [0.15, 0.2) is 0 Å². The van der Waals surface area contributed by atoms with Crippen LogP contribution in [0.15, 0.2) is 24.5 Å². The van der Waals surface area contributed by atoms with Crippen LogP contribution in [-0.2, 0) is 4.74 Å². The molecule has 25 heavy (non-hydrogen) atoms.